The van der Waals surface area contributed by atoms with Gasteiger partial charge in [0, 0.05) is 6.07 Å². The molecule has 6 heteroatoms. The van der Waals surface area contributed by atoms with Gasteiger partial charge in [-0.2, -0.15) is 0 Å². The Balaban J connectivity index is 2.57. The number of nitrogens with two attached hydrogens (primary N) is 1. The van der Waals surface area contributed by atoms with Gasteiger partial charge in [-0.1, -0.05) is 0 Å². The minimum Gasteiger partial charge on any atom is -0.494 e. The summed E-state index contributed by atoms with van der Waals surface area (Å²) in [5.74, 6) is 0.686. The predicted molar refractivity (Wildman–Crippen MR) is 71.3 cm³/mol. The first kappa shape index (κ1) is 11.1. The van der Waals surface area contributed by atoms with Gasteiger partial charge in [-0.3, -0.25) is 0 Å². The molecule has 0 aliphatic carbocycles. The van der Waals surface area contributed by atoms with E-state index >= 15 is 0 Å². The van der Waals surface area contributed by atoms with Crippen LogP contribution in [0.4, 0.5) is 5.69 Å². The Bertz CT molecular complexity index is 550. The second-order valence-electron chi connectivity index (χ2n) is 3.24. The van der Waals surface area contributed by atoms with E-state index in [1.54, 1.807) is 18.4 Å². The molecule has 0 spiro atoms. The highest BCUT2D eigenvalue weighted by Crippen LogP contribution is 2.32. The maximum Gasteiger partial charge on any atom is 0.168 e. The molecule has 1 aromatic carbocycles. The number of rotatable bonds is 2. The number of aromatic nitrogens is 1. The Morgan fingerprint density at radius 3 is 2.94 bits per heavy atom. The lowest BCUT2D eigenvalue weighted by Crippen LogP contribution is -2.19. The third-order valence-corrected chi connectivity index (χ3v) is 3.11. The summed E-state index contributed by atoms with van der Waals surface area (Å²) in [6.45, 7) is 1.97. The van der Waals surface area contributed by atoms with Crippen LogP contribution in [0.1, 0.15) is 5.01 Å². The number of nitrogens with zero attached hydrogens (tertiary/aromatic N) is 1. The molecule has 16 heavy (non-hydrogen) atoms. The average Bonchev–Trinajstić information content (AvgIpc) is 2.55. The second-order valence-corrected chi connectivity index (χ2v) is 4.92. The van der Waals surface area contributed by atoms with Crippen molar-refractivity contribution in [3.8, 4) is 5.75 Å². The zero-order valence-corrected chi connectivity index (χ0v) is 10.5. The monoisotopic (exact) mass is 253 g/mol. The summed E-state index contributed by atoms with van der Waals surface area (Å²) in [6, 6.07) is 3.82. The summed E-state index contributed by atoms with van der Waals surface area (Å²) >= 11 is 6.43. The van der Waals surface area contributed by atoms with Crippen LogP contribution in [-0.4, -0.2) is 17.2 Å². The fourth-order valence-corrected chi connectivity index (χ4v) is 2.43. The van der Waals surface area contributed by atoms with Crippen molar-refractivity contribution in [2.75, 3.05) is 12.4 Å². The Kier molecular flexibility index (Phi) is 2.93. The summed E-state index contributed by atoms with van der Waals surface area (Å²) < 4.78 is 6.33. The standard InChI is InChI=1S/C10H11N3OS2/c1-5-12-7-3-8(14-2)6(13-10(11)15)4-9(7)16-5/h3-4H,1-2H3,(H3,11,13,15). The van der Waals surface area contributed by atoms with Gasteiger partial charge < -0.3 is 15.8 Å². The maximum atomic E-state index is 5.45. The third kappa shape index (κ3) is 2.07. The minimum absolute atomic E-state index is 0.221. The van der Waals surface area contributed by atoms with Gasteiger partial charge in [-0.15, -0.1) is 11.3 Å². The van der Waals surface area contributed by atoms with Crippen molar-refractivity contribution in [1.29, 1.82) is 0 Å². The molecule has 0 bridgehead atoms. The molecule has 4 nitrogen and oxygen atoms in total. The van der Waals surface area contributed by atoms with Gasteiger partial charge in [-0.05, 0) is 25.2 Å². The molecule has 84 valence electrons. The predicted octanol–water partition coefficient (Wildman–Crippen LogP) is 2.27. The van der Waals surface area contributed by atoms with E-state index in [9.17, 15) is 0 Å². The Labute approximate surface area is 102 Å². The molecule has 0 aliphatic rings. The van der Waals surface area contributed by atoms with Crippen LogP contribution in [0.25, 0.3) is 10.2 Å². The average molecular weight is 253 g/mol. The summed E-state index contributed by atoms with van der Waals surface area (Å²) in [6.07, 6.45) is 0. The van der Waals surface area contributed by atoms with Crippen molar-refractivity contribution in [3.05, 3.63) is 17.1 Å². The molecule has 2 aromatic rings. The van der Waals surface area contributed by atoms with Crippen LogP contribution >= 0.6 is 23.6 Å². The highest BCUT2D eigenvalue weighted by Gasteiger charge is 2.09. The number of methoxy groups -OCH3 is 1. The lowest BCUT2D eigenvalue weighted by atomic mass is 10.2. The number of ether oxygens (including phenoxy) is 1. The fourth-order valence-electron chi connectivity index (χ4n) is 1.47. The van der Waals surface area contributed by atoms with Gasteiger partial charge >= 0.3 is 0 Å². The van der Waals surface area contributed by atoms with Crippen molar-refractivity contribution in [3.63, 3.8) is 0 Å². The topological polar surface area (TPSA) is 60.2 Å². The first-order chi connectivity index (χ1) is 7.60. The van der Waals surface area contributed by atoms with Crippen molar-refractivity contribution in [2.45, 2.75) is 6.92 Å². The summed E-state index contributed by atoms with van der Waals surface area (Å²) in [7, 11) is 1.60. The molecule has 1 aromatic heterocycles. The number of aryl methyl sites for hydroxylation is 1. The molecule has 0 radical (unpaired) electrons. The number of anilines is 1. The molecule has 0 saturated heterocycles. The van der Waals surface area contributed by atoms with Gasteiger partial charge in [0.25, 0.3) is 0 Å². The lowest BCUT2D eigenvalue weighted by molar-refractivity contribution is 0.417. The van der Waals surface area contributed by atoms with Crippen molar-refractivity contribution in [1.82, 2.24) is 4.98 Å². The molecular weight excluding hydrogens is 242 g/mol. The van der Waals surface area contributed by atoms with Gasteiger partial charge in [0.05, 0.1) is 28.0 Å². The number of thiocarbonyl (C=S) groups is 1. The molecule has 0 fully saturated rings. The quantitative estimate of drug-likeness (QED) is 0.804. The van der Waals surface area contributed by atoms with Crippen LogP contribution in [0.3, 0.4) is 0 Å². The molecular formula is C10H11N3OS2. The van der Waals surface area contributed by atoms with E-state index in [1.165, 1.54) is 0 Å². The molecule has 0 unspecified atom stereocenters. The number of fused-ring (bicyclic) bond motifs is 1. The molecule has 0 amide bonds. The van der Waals surface area contributed by atoms with E-state index in [1.807, 2.05) is 19.1 Å². The molecule has 0 aliphatic heterocycles. The molecule has 2 rings (SSSR count). The summed E-state index contributed by atoms with van der Waals surface area (Å²) in [5.41, 5.74) is 7.14. The van der Waals surface area contributed by atoms with Crippen LogP contribution < -0.4 is 15.8 Å². The molecule has 0 saturated carbocycles. The van der Waals surface area contributed by atoms with Gasteiger partial charge in [-0.25, -0.2) is 4.98 Å². The van der Waals surface area contributed by atoms with Crippen LogP contribution in [0.5, 0.6) is 5.75 Å². The molecule has 3 N–H and O–H groups in total. The summed E-state index contributed by atoms with van der Waals surface area (Å²) in [5, 5.41) is 4.13. The maximum absolute atomic E-state index is 5.45. The number of hydrogen-bond acceptors (Lipinski definition) is 4. The van der Waals surface area contributed by atoms with Crippen LogP contribution in [0.2, 0.25) is 0 Å². The SMILES string of the molecule is COc1cc2nc(C)sc2cc1NC(N)=S. The van der Waals surface area contributed by atoms with E-state index < -0.39 is 0 Å². The Morgan fingerprint density at radius 1 is 1.56 bits per heavy atom. The zero-order chi connectivity index (χ0) is 11.7. The van der Waals surface area contributed by atoms with E-state index in [2.05, 4.69) is 10.3 Å². The second kappa shape index (κ2) is 4.23. The van der Waals surface area contributed by atoms with E-state index in [0.717, 1.165) is 20.9 Å². The van der Waals surface area contributed by atoms with Crippen LogP contribution in [0.15, 0.2) is 12.1 Å². The Hall–Kier alpha value is -1.40. The first-order valence-electron chi connectivity index (χ1n) is 4.62. The molecule has 1 heterocycles. The van der Waals surface area contributed by atoms with Gasteiger partial charge in [0.15, 0.2) is 5.11 Å². The van der Waals surface area contributed by atoms with Crippen molar-refractivity contribution in [2.24, 2.45) is 5.73 Å². The van der Waals surface area contributed by atoms with E-state index in [4.69, 9.17) is 22.7 Å². The first-order valence-corrected chi connectivity index (χ1v) is 5.84. The normalized spacial score (nSPS) is 10.4. The van der Waals surface area contributed by atoms with Gasteiger partial charge in [0.1, 0.15) is 5.75 Å². The summed E-state index contributed by atoms with van der Waals surface area (Å²) in [4.78, 5) is 4.39. The van der Waals surface area contributed by atoms with E-state index in [-0.39, 0.29) is 5.11 Å². The van der Waals surface area contributed by atoms with Crippen molar-refractivity contribution >= 4 is 44.6 Å². The minimum atomic E-state index is 0.221. The number of thiazole rings is 1. The Morgan fingerprint density at radius 2 is 2.31 bits per heavy atom. The third-order valence-electron chi connectivity index (χ3n) is 2.07. The number of nitrogens with one attached hydrogen (secondary N) is 1. The number of benzene rings is 1. The van der Waals surface area contributed by atoms with Gasteiger partial charge in [0.2, 0.25) is 0 Å². The highest BCUT2D eigenvalue weighted by molar-refractivity contribution is 7.80. The fraction of sp³-hybridized carbons (Fsp3) is 0.200. The highest BCUT2D eigenvalue weighted by atomic mass is 32.1. The largest absolute Gasteiger partial charge is 0.494 e. The number of hydrogen-bond donors (Lipinski definition) is 2. The smallest absolute Gasteiger partial charge is 0.168 e. The molecule has 0 atom stereocenters. The van der Waals surface area contributed by atoms with Crippen LogP contribution in [-0.2, 0) is 0 Å². The van der Waals surface area contributed by atoms with E-state index in [0.29, 0.717) is 5.75 Å². The van der Waals surface area contributed by atoms with Crippen LogP contribution in [0, 0.1) is 6.92 Å². The van der Waals surface area contributed by atoms with Crippen molar-refractivity contribution < 1.29 is 4.74 Å². The lowest BCUT2D eigenvalue weighted by Gasteiger charge is -2.09. The zero-order valence-electron chi connectivity index (χ0n) is 8.90.